The second-order valence-corrected chi connectivity index (χ2v) is 6.64. The van der Waals surface area contributed by atoms with Gasteiger partial charge in [0.25, 0.3) is 0 Å². The third kappa shape index (κ3) is 7.36. The highest BCUT2D eigenvalue weighted by Crippen LogP contribution is 2.16. The molecule has 0 spiro atoms. The van der Waals surface area contributed by atoms with Crippen molar-refractivity contribution in [2.24, 2.45) is 5.92 Å². The number of carbonyl (C=O) groups is 1. The molecule has 0 radical (unpaired) electrons. The highest BCUT2D eigenvalue weighted by Gasteiger charge is 2.27. The minimum absolute atomic E-state index is 0.119. The predicted molar refractivity (Wildman–Crippen MR) is 84.7 cm³/mol. The van der Waals surface area contributed by atoms with Gasteiger partial charge in [0.1, 0.15) is 6.61 Å². The smallest absolute Gasteiger partial charge is 0.372 e. The zero-order valence-corrected chi connectivity index (χ0v) is 14.1. The highest BCUT2D eigenvalue weighted by atomic mass is 19.4. The van der Waals surface area contributed by atoms with Crippen molar-refractivity contribution >= 4 is 5.91 Å². The number of hydrogen-bond donors (Lipinski definition) is 1. The van der Waals surface area contributed by atoms with Gasteiger partial charge in [0.05, 0.1) is 0 Å². The Bertz CT molecular complexity index is 379. The molecular weight excluding hydrogens is 323 g/mol. The van der Waals surface area contributed by atoms with E-state index >= 15 is 0 Å². The molecule has 1 unspecified atom stereocenters. The second-order valence-electron chi connectivity index (χ2n) is 6.64. The molecule has 2 heterocycles. The summed E-state index contributed by atoms with van der Waals surface area (Å²) in [4.78, 5) is 16.3. The van der Waals surface area contributed by atoms with Crippen molar-refractivity contribution in [1.29, 1.82) is 0 Å². The molecule has 24 heavy (non-hydrogen) atoms. The van der Waals surface area contributed by atoms with Crippen molar-refractivity contribution in [1.82, 2.24) is 15.1 Å². The molecule has 0 aromatic heterocycles. The predicted octanol–water partition coefficient (Wildman–Crippen LogP) is 1.49. The van der Waals surface area contributed by atoms with Crippen LogP contribution in [0.5, 0.6) is 0 Å². The lowest BCUT2D eigenvalue weighted by atomic mass is 10.0. The summed E-state index contributed by atoms with van der Waals surface area (Å²) >= 11 is 0. The topological polar surface area (TPSA) is 44.8 Å². The normalized spacial score (nSPS) is 23.0. The van der Waals surface area contributed by atoms with Crippen molar-refractivity contribution in [2.45, 2.75) is 31.9 Å². The first-order valence-electron chi connectivity index (χ1n) is 8.79. The lowest BCUT2D eigenvalue weighted by Crippen LogP contribution is -2.49. The first-order valence-corrected chi connectivity index (χ1v) is 8.79. The largest absolute Gasteiger partial charge is 0.411 e. The van der Waals surface area contributed by atoms with Gasteiger partial charge in [0.2, 0.25) is 5.91 Å². The summed E-state index contributed by atoms with van der Waals surface area (Å²) in [6.07, 6.45) is -0.920. The molecule has 1 N–H and O–H groups in total. The van der Waals surface area contributed by atoms with Crippen LogP contribution in [0.3, 0.4) is 0 Å². The van der Waals surface area contributed by atoms with Gasteiger partial charge < -0.3 is 15.0 Å². The van der Waals surface area contributed by atoms with Gasteiger partial charge in [-0.05, 0) is 38.3 Å². The summed E-state index contributed by atoms with van der Waals surface area (Å²) in [6.45, 7) is 4.75. The Hall–Kier alpha value is -0.860. The standard InChI is InChI=1S/C16H28F3N3O2/c17-16(18,19)13-24-11-1-6-21-7-9-22(10-8-21)15(23)3-2-14-4-5-20-12-14/h14,20H,1-13H2. The van der Waals surface area contributed by atoms with Crippen LogP contribution in [-0.2, 0) is 9.53 Å². The van der Waals surface area contributed by atoms with Crippen LogP contribution in [0, 0.1) is 5.92 Å². The van der Waals surface area contributed by atoms with E-state index in [2.05, 4.69) is 15.0 Å². The minimum Gasteiger partial charge on any atom is -0.372 e. The molecule has 0 bridgehead atoms. The monoisotopic (exact) mass is 351 g/mol. The fourth-order valence-corrected chi connectivity index (χ4v) is 3.25. The molecule has 5 nitrogen and oxygen atoms in total. The van der Waals surface area contributed by atoms with Crippen LogP contribution in [0.4, 0.5) is 13.2 Å². The minimum atomic E-state index is -4.25. The molecule has 0 aliphatic carbocycles. The Labute approximate surface area is 141 Å². The number of halogens is 3. The number of rotatable bonds is 8. The second kappa shape index (κ2) is 9.58. The third-order valence-electron chi connectivity index (χ3n) is 4.68. The molecule has 2 fully saturated rings. The zero-order valence-electron chi connectivity index (χ0n) is 14.1. The first kappa shape index (κ1) is 19.5. The Morgan fingerprint density at radius 1 is 1.21 bits per heavy atom. The maximum absolute atomic E-state index is 12.2. The van der Waals surface area contributed by atoms with Gasteiger partial charge in [-0.2, -0.15) is 13.2 Å². The van der Waals surface area contributed by atoms with E-state index in [-0.39, 0.29) is 12.5 Å². The number of piperazine rings is 1. The summed E-state index contributed by atoms with van der Waals surface area (Å²) in [5.74, 6) is 0.863. The molecule has 1 atom stereocenters. The van der Waals surface area contributed by atoms with E-state index in [1.54, 1.807) is 0 Å². The Morgan fingerprint density at radius 2 is 1.96 bits per heavy atom. The van der Waals surface area contributed by atoms with Crippen LogP contribution >= 0.6 is 0 Å². The fraction of sp³-hybridized carbons (Fsp3) is 0.938. The van der Waals surface area contributed by atoms with Crippen LogP contribution in [0.2, 0.25) is 0 Å². The molecule has 1 amide bonds. The van der Waals surface area contributed by atoms with Crippen molar-refractivity contribution in [3.05, 3.63) is 0 Å². The highest BCUT2D eigenvalue weighted by molar-refractivity contribution is 5.76. The number of ether oxygens (including phenoxy) is 1. The number of nitrogens with one attached hydrogen (secondary N) is 1. The lowest BCUT2D eigenvalue weighted by molar-refractivity contribution is -0.174. The number of carbonyl (C=O) groups excluding carboxylic acids is 1. The van der Waals surface area contributed by atoms with Gasteiger partial charge >= 0.3 is 6.18 Å². The zero-order chi connectivity index (χ0) is 17.4. The number of nitrogens with zero attached hydrogens (tertiary/aromatic N) is 2. The summed E-state index contributed by atoms with van der Waals surface area (Å²) < 4.78 is 40.4. The molecule has 8 heteroatoms. The van der Waals surface area contributed by atoms with Gasteiger partial charge in [-0.3, -0.25) is 9.69 Å². The quantitative estimate of drug-likeness (QED) is 0.673. The van der Waals surface area contributed by atoms with Crippen LogP contribution in [0.1, 0.15) is 25.7 Å². The van der Waals surface area contributed by atoms with Crippen LogP contribution in [0.15, 0.2) is 0 Å². The number of amides is 1. The van der Waals surface area contributed by atoms with E-state index in [9.17, 15) is 18.0 Å². The lowest BCUT2D eigenvalue weighted by Gasteiger charge is -2.35. The van der Waals surface area contributed by atoms with E-state index in [1.165, 1.54) is 0 Å². The van der Waals surface area contributed by atoms with Gasteiger partial charge in [0, 0.05) is 45.8 Å². The van der Waals surface area contributed by atoms with E-state index < -0.39 is 12.8 Å². The summed E-state index contributed by atoms with van der Waals surface area (Å²) in [5.41, 5.74) is 0. The van der Waals surface area contributed by atoms with Crippen molar-refractivity contribution in [3.8, 4) is 0 Å². The van der Waals surface area contributed by atoms with Crippen LogP contribution in [0.25, 0.3) is 0 Å². The van der Waals surface area contributed by atoms with Crippen molar-refractivity contribution in [3.63, 3.8) is 0 Å². The van der Waals surface area contributed by atoms with Crippen molar-refractivity contribution < 1.29 is 22.7 Å². The van der Waals surface area contributed by atoms with E-state index in [0.717, 1.165) is 39.0 Å². The van der Waals surface area contributed by atoms with Crippen LogP contribution in [-0.4, -0.2) is 80.9 Å². The molecule has 2 saturated heterocycles. The molecule has 0 aromatic carbocycles. The van der Waals surface area contributed by atoms with Crippen molar-refractivity contribution in [2.75, 3.05) is 59.0 Å². The molecule has 2 aliphatic rings. The van der Waals surface area contributed by atoms with Crippen LogP contribution < -0.4 is 5.32 Å². The number of hydrogen-bond acceptors (Lipinski definition) is 4. The average molecular weight is 351 g/mol. The summed E-state index contributed by atoms with van der Waals surface area (Å²) in [7, 11) is 0. The molecule has 0 saturated carbocycles. The molecular formula is C16H28F3N3O2. The average Bonchev–Trinajstić information content (AvgIpc) is 3.05. The summed E-state index contributed by atoms with van der Waals surface area (Å²) in [6, 6.07) is 0. The number of alkyl halides is 3. The van der Waals surface area contributed by atoms with Gasteiger partial charge in [0.15, 0.2) is 0 Å². The molecule has 140 valence electrons. The Balaban J connectivity index is 1.51. The molecule has 0 aromatic rings. The fourth-order valence-electron chi connectivity index (χ4n) is 3.25. The first-order chi connectivity index (χ1) is 11.4. The maximum Gasteiger partial charge on any atom is 0.411 e. The van der Waals surface area contributed by atoms with Gasteiger partial charge in [-0.15, -0.1) is 0 Å². The molecule has 2 aliphatic heterocycles. The maximum atomic E-state index is 12.2. The van der Waals surface area contributed by atoms with E-state index in [4.69, 9.17) is 0 Å². The van der Waals surface area contributed by atoms with Gasteiger partial charge in [-0.25, -0.2) is 0 Å². The SMILES string of the molecule is O=C(CCC1CCNC1)N1CCN(CCCOCC(F)(F)F)CC1. The third-order valence-corrected chi connectivity index (χ3v) is 4.68. The Kier molecular flexibility index (Phi) is 7.77. The van der Waals surface area contributed by atoms with E-state index in [1.807, 2.05) is 4.90 Å². The summed E-state index contributed by atoms with van der Waals surface area (Å²) in [5, 5.41) is 3.31. The van der Waals surface area contributed by atoms with E-state index in [0.29, 0.717) is 38.4 Å². The molecule has 2 rings (SSSR count). The van der Waals surface area contributed by atoms with Gasteiger partial charge in [-0.1, -0.05) is 0 Å². The Morgan fingerprint density at radius 3 is 2.58 bits per heavy atom.